The highest BCUT2D eigenvalue weighted by molar-refractivity contribution is 5.74. The first kappa shape index (κ1) is 15.2. The SMILES string of the molecule is COCCOCCCNC(=O)NC(C)(C)C. The standard InChI is InChI=1S/C11H24N2O3/c1-11(2,3)13-10(14)12-6-5-7-16-9-8-15-4/h5-9H2,1-4H3,(H2,12,13,14). The zero-order chi connectivity index (χ0) is 12.4. The summed E-state index contributed by atoms with van der Waals surface area (Å²) in [6.45, 7) is 8.30. The van der Waals surface area contributed by atoms with E-state index in [2.05, 4.69) is 10.6 Å². The van der Waals surface area contributed by atoms with Crippen molar-refractivity contribution in [3.05, 3.63) is 0 Å². The van der Waals surface area contributed by atoms with Crippen LogP contribution in [0.1, 0.15) is 27.2 Å². The number of amides is 2. The van der Waals surface area contributed by atoms with Crippen LogP contribution in [0.2, 0.25) is 0 Å². The maximum atomic E-state index is 11.3. The van der Waals surface area contributed by atoms with Crippen molar-refractivity contribution < 1.29 is 14.3 Å². The Balaban J connectivity index is 3.28. The Morgan fingerprint density at radius 1 is 1.19 bits per heavy atom. The van der Waals surface area contributed by atoms with Crippen LogP contribution in [0.3, 0.4) is 0 Å². The molecule has 0 aromatic carbocycles. The lowest BCUT2D eigenvalue weighted by atomic mass is 10.1. The first-order valence-electron chi connectivity index (χ1n) is 5.58. The van der Waals surface area contributed by atoms with Crippen LogP contribution in [0.4, 0.5) is 4.79 Å². The fourth-order valence-corrected chi connectivity index (χ4v) is 1.01. The van der Waals surface area contributed by atoms with Crippen LogP contribution in [-0.4, -0.2) is 45.0 Å². The third kappa shape index (κ3) is 11.3. The molecule has 0 saturated heterocycles. The lowest BCUT2D eigenvalue weighted by Crippen LogP contribution is -2.46. The number of ether oxygens (including phenoxy) is 2. The van der Waals surface area contributed by atoms with Gasteiger partial charge in [0.05, 0.1) is 13.2 Å². The molecule has 96 valence electrons. The quantitative estimate of drug-likeness (QED) is 0.647. The minimum Gasteiger partial charge on any atom is -0.382 e. The third-order valence-corrected chi connectivity index (χ3v) is 1.67. The summed E-state index contributed by atoms with van der Waals surface area (Å²) in [4.78, 5) is 11.3. The molecule has 0 heterocycles. The fourth-order valence-electron chi connectivity index (χ4n) is 1.01. The van der Waals surface area contributed by atoms with E-state index in [-0.39, 0.29) is 11.6 Å². The Morgan fingerprint density at radius 2 is 1.88 bits per heavy atom. The molecule has 5 heteroatoms. The Labute approximate surface area is 97.9 Å². The van der Waals surface area contributed by atoms with Gasteiger partial charge in [-0.25, -0.2) is 4.79 Å². The molecular weight excluding hydrogens is 208 g/mol. The molecule has 0 saturated carbocycles. The number of nitrogens with one attached hydrogen (secondary N) is 2. The van der Waals surface area contributed by atoms with Crippen LogP contribution in [-0.2, 0) is 9.47 Å². The normalized spacial score (nSPS) is 11.2. The van der Waals surface area contributed by atoms with E-state index in [1.165, 1.54) is 0 Å². The molecule has 0 spiro atoms. The highest BCUT2D eigenvalue weighted by Crippen LogP contribution is 1.97. The van der Waals surface area contributed by atoms with Crippen molar-refractivity contribution in [3.63, 3.8) is 0 Å². The number of rotatable bonds is 7. The molecule has 0 aliphatic carbocycles. The minimum absolute atomic E-state index is 0.135. The molecule has 0 rings (SSSR count). The van der Waals surface area contributed by atoms with Crippen LogP contribution in [0.5, 0.6) is 0 Å². The second-order valence-electron chi connectivity index (χ2n) is 4.59. The second-order valence-corrected chi connectivity index (χ2v) is 4.59. The number of urea groups is 1. The Bertz CT molecular complexity index is 190. The summed E-state index contributed by atoms with van der Waals surface area (Å²) in [7, 11) is 1.64. The summed E-state index contributed by atoms with van der Waals surface area (Å²) in [6.07, 6.45) is 0.807. The van der Waals surface area contributed by atoms with E-state index in [1.807, 2.05) is 20.8 Å². The number of hydrogen-bond donors (Lipinski definition) is 2. The predicted molar refractivity (Wildman–Crippen MR) is 63.6 cm³/mol. The maximum absolute atomic E-state index is 11.3. The van der Waals surface area contributed by atoms with Crippen LogP contribution in [0, 0.1) is 0 Å². The summed E-state index contributed by atoms with van der Waals surface area (Å²) in [5, 5.41) is 5.59. The van der Waals surface area contributed by atoms with Gasteiger partial charge in [0.2, 0.25) is 0 Å². The molecule has 0 aromatic heterocycles. The Hall–Kier alpha value is -0.810. The van der Waals surface area contributed by atoms with E-state index < -0.39 is 0 Å². The van der Waals surface area contributed by atoms with Gasteiger partial charge in [-0.05, 0) is 27.2 Å². The second kappa shape index (κ2) is 8.35. The molecule has 0 aliphatic rings. The summed E-state index contributed by atoms with van der Waals surface area (Å²) in [5.74, 6) is 0. The van der Waals surface area contributed by atoms with Gasteiger partial charge in [-0.2, -0.15) is 0 Å². The molecule has 0 unspecified atom stereocenters. The van der Waals surface area contributed by atoms with Gasteiger partial charge in [-0.15, -0.1) is 0 Å². The highest BCUT2D eigenvalue weighted by atomic mass is 16.5. The summed E-state index contributed by atoms with van der Waals surface area (Å²) in [5.41, 5.74) is -0.195. The third-order valence-electron chi connectivity index (χ3n) is 1.67. The maximum Gasteiger partial charge on any atom is 0.315 e. The Morgan fingerprint density at radius 3 is 2.44 bits per heavy atom. The molecule has 0 radical (unpaired) electrons. The number of carbonyl (C=O) groups is 1. The van der Waals surface area contributed by atoms with Crippen molar-refractivity contribution in [2.45, 2.75) is 32.7 Å². The molecule has 2 N–H and O–H groups in total. The van der Waals surface area contributed by atoms with Crippen LogP contribution in [0.25, 0.3) is 0 Å². The molecular formula is C11H24N2O3. The summed E-state index contributed by atoms with van der Waals surface area (Å²) in [6, 6.07) is -0.135. The molecule has 0 atom stereocenters. The molecule has 0 aromatic rings. The average molecular weight is 232 g/mol. The number of methoxy groups -OCH3 is 1. The lowest BCUT2D eigenvalue weighted by molar-refractivity contribution is 0.0697. The molecule has 2 amide bonds. The van der Waals surface area contributed by atoms with Crippen LogP contribution < -0.4 is 10.6 Å². The first-order valence-corrected chi connectivity index (χ1v) is 5.58. The van der Waals surface area contributed by atoms with E-state index >= 15 is 0 Å². The van der Waals surface area contributed by atoms with Gasteiger partial charge in [0.1, 0.15) is 0 Å². The molecule has 5 nitrogen and oxygen atoms in total. The summed E-state index contributed by atoms with van der Waals surface area (Å²) < 4.78 is 10.1. The molecule has 0 bridgehead atoms. The van der Waals surface area contributed by atoms with Gasteiger partial charge in [0, 0.05) is 25.8 Å². The van der Waals surface area contributed by atoms with Gasteiger partial charge in [0.15, 0.2) is 0 Å². The number of hydrogen-bond acceptors (Lipinski definition) is 3. The van der Waals surface area contributed by atoms with E-state index in [1.54, 1.807) is 7.11 Å². The number of carbonyl (C=O) groups excluding carboxylic acids is 1. The van der Waals surface area contributed by atoms with Gasteiger partial charge in [0.25, 0.3) is 0 Å². The van der Waals surface area contributed by atoms with Crippen molar-refractivity contribution in [3.8, 4) is 0 Å². The van der Waals surface area contributed by atoms with Crippen molar-refractivity contribution in [1.29, 1.82) is 0 Å². The minimum atomic E-state index is -0.195. The van der Waals surface area contributed by atoms with Crippen molar-refractivity contribution in [1.82, 2.24) is 10.6 Å². The van der Waals surface area contributed by atoms with Crippen LogP contribution in [0.15, 0.2) is 0 Å². The Kier molecular flexibility index (Phi) is 7.93. The predicted octanol–water partition coefficient (Wildman–Crippen LogP) is 1.14. The first-order chi connectivity index (χ1) is 7.45. The molecule has 0 aliphatic heterocycles. The van der Waals surface area contributed by atoms with Crippen molar-refractivity contribution in [2.24, 2.45) is 0 Å². The molecule has 16 heavy (non-hydrogen) atoms. The monoisotopic (exact) mass is 232 g/mol. The van der Waals surface area contributed by atoms with Crippen molar-refractivity contribution in [2.75, 3.05) is 33.5 Å². The largest absolute Gasteiger partial charge is 0.382 e. The average Bonchev–Trinajstić information content (AvgIpc) is 2.13. The van der Waals surface area contributed by atoms with Crippen molar-refractivity contribution >= 4 is 6.03 Å². The lowest BCUT2D eigenvalue weighted by Gasteiger charge is -2.20. The van der Waals surface area contributed by atoms with Gasteiger partial charge < -0.3 is 20.1 Å². The van der Waals surface area contributed by atoms with Crippen LogP contribution >= 0.6 is 0 Å². The smallest absolute Gasteiger partial charge is 0.315 e. The zero-order valence-electron chi connectivity index (χ0n) is 10.8. The molecule has 0 fully saturated rings. The zero-order valence-corrected chi connectivity index (χ0v) is 10.8. The van der Waals surface area contributed by atoms with Gasteiger partial charge in [-0.3, -0.25) is 0 Å². The summed E-state index contributed by atoms with van der Waals surface area (Å²) >= 11 is 0. The highest BCUT2D eigenvalue weighted by Gasteiger charge is 2.12. The van der Waals surface area contributed by atoms with E-state index in [9.17, 15) is 4.79 Å². The van der Waals surface area contributed by atoms with E-state index in [4.69, 9.17) is 9.47 Å². The van der Waals surface area contributed by atoms with Gasteiger partial charge in [-0.1, -0.05) is 0 Å². The van der Waals surface area contributed by atoms with E-state index in [0.29, 0.717) is 26.4 Å². The van der Waals surface area contributed by atoms with E-state index in [0.717, 1.165) is 6.42 Å². The fraction of sp³-hybridized carbons (Fsp3) is 0.909. The topological polar surface area (TPSA) is 59.6 Å². The van der Waals surface area contributed by atoms with Gasteiger partial charge >= 0.3 is 6.03 Å².